The van der Waals surface area contributed by atoms with Crippen molar-refractivity contribution in [2.75, 3.05) is 17.8 Å². The number of hydrogen-bond acceptors (Lipinski definition) is 1. The summed E-state index contributed by atoms with van der Waals surface area (Å²) in [7, 11) is 0. The zero-order valence-corrected chi connectivity index (χ0v) is 12.8. The number of carbonyl (C=O) groups is 1. The molecule has 0 bridgehead atoms. The third kappa shape index (κ3) is 5.40. The van der Waals surface area contributed by atoms with E-state index in [1.165, 1.54) is 12.8 Å². The molecule has 0 saturated heterocycles. The molecule has 18 heavy (non-hydrogen) atoms. The summed E-state index contributed by atoms with van der Waals surface area (Å²) in [5.74, 6) is 0.874. The molecule has 0 unspecified atom stereocenters. The van der Waals surface area contributed by atoms with E-state index in [0.29, 0.717) is 0 Å². The summed E-state index contributed by atoms with van der Waals surface area (Å²) in [4.78, 5) is 11.2. The molecule has 0 fully saturated rings. The van der Waals surface area contributed by atoms with Gasteiger partial charge in [0, 0.05) is 23.3 Å². The second kappa shape index (κ2) is 9.40. The first kappa shape index (κ1) is 15.5. The first-order valence-corrected chi connectivity index (χ1v) is 7.93. The molecule has 2 rings (SSSR count). The molecule has 1 aliphatic heterocycles. The van der Waals surface area contributed by atoms with E-state index in [0.717, 1.165) is 41.7 Å². The van der Waals surface area contributed by atoms with Crippen molar-refractivity contribution in [2.24, 2.45) is 0 Å². The van der Waals surface area contributed by atoms with Crippen LogP contribution in [-0.2, 0) is 6.42 Å². The van der Waals surface area contributed by atoms with Crippen LogP contribution in [0.5, 0.6) is 0 Å². The molecule has 0 radical (unpaired) electrons. The molecule has 0 aliphatic carbocycles. The highest BCUT2D eigenvalue weighted by atomic mass is 79.9. The molecule has 100 valence electrons. The first-order chi connectivity index (χ1) is 8.79. The van der Waals surface area contributed by atoms with E-state index in [9.17, 15) is 4.79 Å². The van der Waals surface area contributed by atoms with Crippen LogP contribution in [0.3, 0.4) is 0 Å². The molecular weight excluding hydrogens is 314 g/mol. The topological polar surface area (TPSA) is 29.1 Å². The Kier molecular flexibility index (Phi) is 8.10. The van der Waals surface area contributed by atoms with E-state index in [1.807, 2.05) is 24.3 Å². The molecule has 1 amide bonds. The third-order valence-corrected chi connectivity index (χ3v) is 3.54. The molecule has 1 N–H and O–H groups in total. The van der Waals surface area contributed by atoms with Crippen molar-refractivity contribution in [3.8, 4) is 0 Å². The Bertz CT molecular complexity index is 367. The van der Waals surface area contributed by atoms with Crippen LogP contribution in [-0.4, -0.2) is 23.7 Å². The average Bonchev–Trinajstić information content (AvgIpc) is 2.41. The van der Waals surface area contributed by atoms with Crippen LogP contribution in [0.2, 0.25) is 0 Å². The van der Waals surface area contributed by atoms with Crippen molar-refractivity contribution in [1.82, 2.24) is 5.32 Å². The predicted molar refractivity (Wildman–Crippen MR) is 80.8 cm³/mol. The first-order valence-electron chi connectivity index (χ1n) is 6.27. The predicted octanol–water partition coefficient (Wildman–Crippen LogP) is 3.76. The lowest BCUT2D eigenvalue weighted by Gasteiger charge is -2.15. The summed E-state index contributed by atoms with van der Waals surface area (Å²) in [6.07, 6.45) is 4.64. The molecular formula is C14H19BrClNO. The van der Waals surface area contributed by atoms with Gasteiger partial charge in [0.2, 0.25) is 0 Å². The molecule has 1 heterocycles. The largest absolute Gasteiger partial charge is 0.352 e. The molecule has 1 aliphatic rings. The lowest BCUT2D eigenvalue weighted by molar-refractivity contribution is 0.0946. The third-order valence-electron chi connectivity index (χ3n) is 2.71. The van der Waals surface area contributed by atoms with Gasteiger partial charge in [-0.05, 0) is 30.9 Å². The normalized spacial score (nSPS) is 13.1. The molecule has 4 heteroatoms. The minimum Gasteiger partial charge on any atom is -0.352 e. The average molecular weight is 333 g/mol. The van der Waals surface area contributed by atoms with Crippen LogP contribution in [0.1, 0.15) is 35.2 Å². The fourth-order valence-corrected chi connectivity index (χ4v) is 2.32. The Morgan fingerprint density at radius 3 is 2.67 bits per heavy atom. The Balaban J connectivity index is 0.000000203. The number of rotatable bonds is 4. The molecule has 0 aromatic heterocycles. The van der Waals surface area contributed by atoms with Gasteiger partial charge in [0.05, 0.1) is 0 Å². The van der Waals surface area contributed by atoms with E-state index in [1.54, 1.807) is 0 Å². The fourth-order valence-electron chi connectivity index (χ4n) is 1.73. The number of carbonyl (C=O) groups excluding carboxylic acids is 1. The van der Waals surface area contributed by atoms with Gasteiger partial charge >= 0.3 is 0 Å². The molecule has 0 spiro atoms. The Morgan fingerprint density at radius 1 is 1.22 bits per heavy atom. The maximum absolute atomic E-state index is 11.2. The maximum atomic E-state index is 11.2. The minimum atomic E-state index is 0.0619. The highest BCUT2D eigenvalue weighted by Gasteiger charge is 2.14. The van der Waals surface area contributed by atoms with Crippen molar-refractivity contribution in [2.45, 2.75) is 25.7 Å². The SMILES string of the molecule is ClCCCCCBr.O=C1NCCc2ccccc21. The van der Waals surface area contributed by atoms with Gasteiger partial charge in [-0.2, -0.15) is 0 Å². The summed E-state index contributed by atoms with van der Waals surface area (Å²) in [6.45, 7) is 0.774. The highest BCUT2D eigenvalue weighted by molar-refractivity contribution is 9.09. The van der Waals surface area contributed by atoms with Gasteiger partial charge in [-0.25, -0.2) is 0 Å². The van der Waals surface area contributed by atoms with E-state index < -0.39 is 0 Å². The molecule has 1 aromatic rings. The van der Waals surface area contributed by atoms with E-state index in [-0.39, 0.29) is 5.91 Å². The summed E-state index contributed by atoms with van der Waals surface area (Å²) < 4.78 is 0. The molecule has 0 atom stereocenters. The summed E-state index contributed by atoms with van der Waals surface area (Å²) in [6, 6.07) is 7.74. The molecule has 1 aromatic carbocycles. The molecule has 2 nitrogen and oxygen atoms in total. The molecule has 0 saturated carbocycles. The van der Waals surface area contributed by atoms with Crippen molar-refractivity contribution in [3.05, 3.63) is 35.4 Å². The van der Waals surface area contributed by atoms with Crippen molar-refractivity contribution in [3.63, 3.8) is 0 Å². The summed E-state index contributed by atoms with van der Waals surface area (Å²) in [5.41, 5.74) is 2.00. The van der Waals surface area contributed by atoms with Crippen LogP contribution in [0.25, 0.3) is 0 Å². The zero-order valence-electron chi connectivity index (χ0n) is 10.4. The number of nitrogens with one attached hydrogen (secondary N) is 1. The van der Waals surface area contributed by atoms with Crippen LogP contribution >= 0.6 is 27.5 Å². The van der Waals surface area contributed by atoms with Crippen molar-refractivity contribution < 1.29 is 4.79 Å². The Hall–Kier alpha value is -0.540. The number of hydrogen-bond donors (Lipinski definition) is 1. The van der Waals surface area contributed by atoms with Gasteiger partial charge < -0.3 is 5.32 Å². The lowest BCUT2D eigenvalue weighted by Crippen LogP contribution is -2.31. The van der Waals surface area contributed by atoms with E-state index in [2.05, 4.69) is 21.2 Å². The smallest absolute Gasteiger partial charge is 0.251 e. The lowest BCUT2D eigenvalue weighted by atomic mass is 10.0. The number of benzene rings is 1. The van der Waals surface area contributed by atoms with Gasteiger partial charge in [-0.1, -0.05) is 40.5 Å². The van der Waals surface area contributed by atoms with Crippen LogP contribution < -0.4 is 5.32 Å². The van der Waals surface area contributed by atoms with E-state index >= 15 is 0 Å². The fraction of sp³-hybridized carbons (Fsp3) is 0.500. The number of unbranched alkanes of at least 4 members (excludes halogenated alkanes) is 2. The van der Waals surface area contributed by atoms with Crippen LogP contribution in [0.15, 0.2) is 24.3 Å². The zero-order chi connectivity index (χ0) is 13.2. The second-order valence-electron chi connectivity index (χ2n) is 4.10. The van der Waals surface area contributed by atoms with Gasteiger partial charge in [0.1, 0.15) is 0 Å². The Morgan fingerprint density at radius 2 is 2.00 bits per heavy atom. The van der Waals surface area contributed by atoms with Crippen LogP contribution in [0, 0.1) is 0 Å². The number of halogens is 2. The summed E-state index contributed by atoms with van der Waals surface area (Å²) in [5, 5.41) is 3.91. The van der Waals surface area contributed by atoms with E-state index in [4.69, 9.17) is 11.6 Å². The number of amides is 1. The highest BCUT2D eigenvalue weighted by Crippen LogP contribution is 2.11. The van der Waals surface area contributed by atoms with Gasteiger partial charge in [0.25, 0.3) is 5.91 Å². The second-order valence-corrected chi connectivity index (χ2v) is 5.27. The van der Waals surface area contributed by atoms with Crippen molar-refractivity contribution >= 4 is 33.4 Å². The van der Waals surface area contributed by atoms with Gasteiger partial charge in [-0.15, -0.1) is 11.6 Å². The Labute approximate surface area is 122 Å². The monoisotopic (exact) mass is 331 g/mol. The summed E-state index contributed by atoms with van der Waals surface area (Å²) >= 11 is 8.76. The van der Waals surface area contributed by atoms with Crippen molar-refractivity contribution in [1.29, 1.82) is 0 Å². The van der Waals surface area contributed by atoms with Gasteiger partial charge in [-0.3, -0.25) is 4.79 Å². The van der Waals surface area contributed by atoms with Crippen LogP contribution in [0.4, 0.5) is 0 Å². The minimum absolute atomic E-state index is 0.0619. The standard InChI is InChI=1S/C9H9NO.C5H10BrCl/c11-9-8-4-2-1-3-7(8)5-6-10-9;6-4-2-1-3-5-7/h1-4H,5-6H2,(H,10,11);1-5H2. The quantitative estimate of drug-likeness (QED) is 0.660. The maximum Gasteiger partial charge on any atom is 0.251 e. The number of alkyl halides is 2. The number of fused-ring (bicyclic) bond motifs is 1. The van der Waals surface area contributed by atoms with Gasteiger partial charge in [0.15, 0.2) is 0 Å².